The van der Waals surface area contributed by atoms with E-state index in [0.717, 1.165) is 11.5 Å². The van der Waals surface area contributed by atoms with Crippen molar-refractivity contribution in [2.24, 2.45) is 0 Å². The molecule has 0 aromatic carbocycles. The summed E-state index contributed by atoms with van der Waals surface area (Å²) in [6.45, 7) is 4.13. The molecule has 3 rings (SSSR count). The van der Waals surface area contributed by atoms with Crippen molar-refractivity contribution < 1.29 is 0 Å². The highest BCUT2D eigenvalue weighted by atomic mass is 15.4. The topological polar surface area (TPSA) is 46.3 Å². The lowest BCUT2D eigenvalue weighted by Gasteiger charge is -2.37. The smallest absolute Gasteiger partial charge is 0.254 e. The Morgan fingerprint density at radius 2 is 2.12 bits per heavy atom. The highest BCUT2D eigenvalue weighted by Gasteiger charge is 2.26. The standard InChI is InChI=1S/C12H17N5/c1-8-9(2)15-12-13-7-14-17(12)11(8)16(3)10-5-4-6-10/h7,10H,4-6H2,1-3H3. The van der Waals surface area contributed by atoms with E-state index in [0.29, 0.717) is 11.8 Å². The lowest BCUT2D eigenvalue weighted by Crippen LogP contribution is -2.39. The van der Waals surface area contributed by atoms with Gasteiger partial charge >= 0.3 is 0 Å². The first-order valence-corrected chi connectivity index (χ1v) is 6.08. The van der Waals surface area contributed by atoms with Crippen LogP contribution in [-0.4, -0.2) is 32.7 Å². The molecule has 0 amide bonds. The Balaban J connectivity index is 2.17. The van der Waals surface area contributed by atoms with E-state index in [-0.39, 0.29) is 0 Å². The van der Waals surface area contributed by atoms with Crippen LogP contribution in [0.3, 0.4) is 0 Å². The van der Waals surface area contributed by atoms with Crippen LogP contribution in [-0.2, 0) is 0 Å². The molecule has 0 N–H and O–H groups in total. The third-order valence-electron chi connectivity index (χ3n) is 3.83. The van der Waals surface area contributed by atoms with Gasteiger partial charge in [0.25, 0.3) is 5.78 Å². The molecule has 2 heterocycles. The van der Waals surface area contributed by atoms with Crippen LogP contribution in [0.5, 0.6) is 0 Å². The lowest BCUT2D eigenvalue weighted by atomic mass is 9.91. The van der Waals surface area contributed by atoms with E-state index < -0.39 is 0 Å². The summed E-state index contributed by atoms with van der Waals surface area (Å²) in [7, 11) is 2.15. The quantitative estimate of drug-likeness (QED) is 0.789. The zero-order chi connectivity index (χ0) is 12.0. The Labute approximate surface area is 100 Å². The second-order valence-electron chi connectivity index (χ2n) is 4.81. The van der Waals surface area contributed by atoms with E-state index in [1.807, 2.05) is 11.4 Å². The van der Waals surface area contributed by atoms with Crippen molar-refractivity contribution in [3.8, 4) is 0 Å². The van der Waals surface area contributed by atoms with E-state index in [2.05, 4.69) is 33.9 Å². The third-order valence-corrected chi connectivity index (χ3v) is 3.83. The molecule has 2 aromatic rings. The molecule has 0 saturated heterocycles. The molecule has 1 saturated carbocycles. The maximum atomic E-state index is 4.44. The maximum Gasteiger partial charge on any atom is 0.254 e. The normalized spacial score (nSPS) is 16.2. The molecule has 17 heavy (non-hydrogen) atoms. The average Bonchev–Trinajstić information content (AvgIpc) is 2.63. The SMILES string of the molecule is Cc1nc2ncnn2c(N(C)C2CCC2)c1C. The Morgan fingerprint density at radius 1 is 1.35 bits per heavy atom. The van der Waals surface area contributed by atoms with Gasteiger partial charge in [0.1, 0.15) is 12.1 Å². The second-order valence-corrected chi connectivity index (χ2v) is 4.81. The van der Waals surface area contributed by atoms with Gasteiger partial charge in [-0.15, -0.1) is 0 Å². The first kappa shape index (κ1) is 10.5. The predicted molar refractivity (Wildman–Crippen MR) is 66.3 cm³/mol. The minimum absolute atomic E-state index is 0.642. The highest BCUT2D eigenvalue weighted by Crippen LogP contribution is 2.30. The fraction of sp³-hybridized carbons (Fsp3) is 0.583. The Morgan fingerprint density at radius 3 is 2.76 bits per heavy atom. The largest absolute Gasteiger partial charge is 0.356 e. The summed E-state index contributed by atoms with van der Waals surface area (Å²) in [6.07, 6.45) is 5.44. The summed E-state index contributed by atoms with van der Waals surface area (Å²) in [6, 6.07) is 0.642. The van der Waals surface area contributed by atoms with E-state index in [1.165, 1.54) is 24.8 Å². The minimum atomic E-state index is 0.642. The van der Waals surface area contributed by atoms with Crippen molar-refractivity contribution in [1.82, 2.24) is 19.6 Å². The van der Waals surface area contributed by atoms with Crippen LogP contribution in [0, 0.1) is 13.8 Å². The van der Waals surface area contributed by atoms with E-state index in [4.69, 9.17) is 0 Å². The number of hydrogen-bond donors (Lipinski definition) is 0. The van der Waals surface area contributed by atoms with Crippen molar-refractivity contribution >= 4 is 11.6 Å². The number of hydrogen-bond acceptors (Lipinski definition) is 4. The summed E-state index contributed by atoms with van der Waals surface area (Å²) in [4.78, 5) is 11.0. The third kappa shape index (κ3) is 1.49. The number of aromatic nitrogens is 4. The van der Waals surface area contributed by atoms with Gasteiger partial charge in [-0.2, -0.15) is 14.6 Å². The van der Waals surface area contributed by atoms with Crippen molar-refractivity contribution in [2.75, 3.05) is 11.9 Å². The van der Waals surface area contributed by atoms with Crippen molar-refractivity contribution in [3.05, 3.63) is 17.6 Å². The second kappa shape index (κ2) is 3.68. The van der Waals surface area contributed by atoms with Gasteiger partial charge in [-0.3, -0.25) is 0 Å². The van der Waals surface area contributed by atoms with E-state index in [9.17, 15) is 0 Å². The number of nitrogens with zero attached hydrogens (tertiary/aromatic N) is 5. The van der Waals surface area contributed by atoms with Crippen LogP contribution in [0.1, 0.15) is 30.5 Å². The summed E-state index contributed by atoms with van der Waals surface area (Å²) in [5.74, 6) is 1.82. The number of aryl methyl sites for hydroxylation is 1. The zero-order valence-electron chi connectivity index (χ0n) is 10.5. The van der Waals surface area contributed by atoms with Gasteiger partial charge in [0.2, 0.25) is 0 Å². The van der Waals surface area contributed by atoms with Crippen LogP contribution >= 0.6 is 0 Å². The summed E-state index contributed by atoms with van der Waals surface area (Å²) in [5.41, 5.74) is 2.23. The van der Waals surface area contributed by atoms with Gasteiger partial charge in [-0.05, 0) is 33.1 Å². The van der Waals surface area contributed by atoms with Crippen molar-refractivity contribution in [2.45, 2.75) is 39.2 Å². The molecule has 2 aromatic heterocycles. The number of rotatable bonds is 2. The zero-order valence-corrected chi connectivity index (χ0v) is 10.5. The van der Waals surface area contributed by atoms with Gasteiger partial charge in [-0.25, -0.2) is 4.98 Å². The monoisotopic (exact) mass is 231 g/mol. The minimum Gasteiger partial charge on any atom is -0.356 e. The van der Waals surface area contributed by atoms with E-state index in [1.54, 1.807) is 6.33 Å². The predicted octanol–water partition coefficient (Wildman–Crippen LogP) is 1.73. The lowest BCUT2D eigenvalue weighted by molar-refractivity contribution is 0.397. The van der Waals surface area contributed by atoms with Crippen molar-refractivity contribution in [3.63, 3.8) is 0 Å². The number of anilines is 1. The molecule has 0 atom stereocenters. The fourth-order valence-electron chi connectivity index (χ4n) is 2.38. The van der Waals surface area contributed by atoms with Crippen LogP contribution < -0.4 is 4.90 Å². The molecular formula is C12H17N5. The maximum absolute atomic E-state index is 4.44. The Kier molecular flexibility index (Phi) is 2.28. The number of fused-ring (bicyclic) bond motifs is 1. The van der Waals surface area contributed by atoms with Crippen LogP contribution in [0.15, 0.2) is 6.33 Å². The van der Waals surface area contributed by atoms with Gasteiger partial charge in [0.15, 0.2) is 0 Å². The average molecular weight is 231 g/mol. The first-order chi connectivity index (χ1) is 8.18. The molecule has 90 valence electrons. The van der Waals surface area contributed by atoms with Gasteiger partial charge in [-0.1, -0.05) is 0 Å². The highest BCUT2D eigenvalue weighted by molar-refractivity contribution is 5.54. The van der Waals surface area contributed by atoms with Gasteiger partial charge in [0, 0.05) is 24.3 Å². The Bertz CT molecular complexity index is 555. The summed E-state index contributed by atoms with van der Waals surface area (Å²) in [5, 5.41) is 4.28. The van der Waals surface area contributed by atoms with Gasteiger partial charge < -0.3 is 4.90 Å². The van der Waals surface area contributed by atoms with E-state index >= 15 is 0 Å². The molecule has 0 unspecified atom stereocenters. The fourth-order valence-corrected chi connectivity index (χ4v) is 2.38. The molecule has 5 nitrogen and oxygen atoms in total. The van der Waals surface area contributed by atoms with Crippen LogP contribution in [0.25, 0.3) is 5.78 Å². The molecule has 0 radical (unpaired) electrons. The molecule has 1 fully saturated rings. The van der Waals surface area contributed by atoms with Crippen LogP contribution in [0.2, 0.25) is 0 Å². The van der Waals surface area contributed by atoms with Crippen molar-refractivity contribution in [1.29, 1.82) is 0 Å². The molecule has 1 aliphatic rings. The molecule has 0 aliphatic heterocycles. The molecule has 0 bridgehead atoms. The molecule has 5 heteroatoms. The first-order valence-electron chi connectivity index (χ1n) is 6.08. The van der Waals surface area contributed by atoms with Crippen LogP contribution in [0.4, 0.5) is 5.82 Å². The van der Waals surface area contributed by atoms with Gasteiger partial charge in [0.05, 0.1) is 0 Å². The molecule has 0 spiro atoms. The molecular weight excluding hydrogens is 214 g/mol. The summed E-state index contributed by atoms with van der Waals surface area (Å²) < 4.78 is 1.85. The Hall–Kier alpha value is -1.65. The molecule has 1 aliphatic carbocycles. The summed E-state index contributed by atoms with van der Waals surface area (Å²) >= 11 is 0.